The highest BCUT2D eigenvalue weighted by Crippen LogP contribution is 2.33. The quantitative estimate of drug-likeness (QED) is 0.789. The summed E-state index contributed by atoms with van der Waals surface area (Å²) >= 11 is 0. The molecule has 0 radical (unpaired) electrons. The van der Waals surface area contributed by atoms with Gasteiger partial charge in [0.1, 0.15) is 0 Å². The van der Waals surface area contributed by atoms with Gasteiger partial charge < -0.3 is 14.8 Å². The molecule has 0 aromatic carbocycles. The van der Waals surface area contributed by atoms with E-state index in [-0.39, 0.29) is 5.60 Å². The molecule has 3 nitrogen and oxygen atoms in total. The van der Waals surface area contributed by atoms with Crippen LogP contribution in [-0.2, 0) is 9.47 Å². The first-order valence-corrected chi connectivity index (χ1v) is 7.85. The molecule has 104 valence electrons. The van der Waals surface area contributed by atoms with Crippen LogP contribution in [0.15, 0.2) is 0 Å². The molecule has 18 heavy (non-hydrogen) atoms. The topological polar surface area (TPSA) is 30.5 Å². The molecule has 3 fully saturated rings. The van der Waals surface area contributed by atoms with Crippen molar-refractivity contribution in [2.24, 2.45) is 0 Å². The number of ether oxygens (including phenoxy) is 2. The maximum Gasteiger partial charge on any atom is 0.0809 e. The predicted octanol–water partition coefficient (Wildman–Crippen LogP) is 2.64. The average molecular weight is 253 g/mol. The Kier molecular flexibility index (Phi) is 4.22. The van der Waals surface area contributed by atoms with Gasteiger partial charge in [-0.15, -0.1) is 0 Å². The summed E-state index contributed by atoms with van der Waals surface area (Å²) in [5, 5.41) is 3.68. The summed E-state index contributed by atoms with van der Waals surface area (Å²) < 4.78 is 12.0. The molecule has 2 aliphatic carbocycles. The first-order valence-electron chi connectivity index (χ1n) is 7.85. The van der Waals surface area contributed by atoms with Gasteiger partial charge in [0.2, 0.25) is 0 Å². The monoisotopic (exact) mass is 253 g/mol. The second kappa shape index (κ2) is 5.89. The van der Waals surface area contributed by atoms with E-state index in [1.165, 1.54) is 57.8 Å². The van der Waals surface area contributed by atoms with Gasteiger partial charge in [0.05, 0.1) is 18.3 Å². The standard InChI is InChI=1S/C15H27NO2/c1-2-8-15(9-3-1,12-16-13-6-7-13)18-11-14-5-4-10-17-14/h13-14,16H,1-12H2. The van der Waals surface area contributed by atoms with Gasteiger partial charge in [0.25, 0.3) is 0 Å². The van der Waals surface area contributed by atoms with Gasteiger partial charge in [-0.05, 0) is 38.5 Å². The Labute approximate surface area is 111 Å². The van der Waals surface area contributed by atoms with Gasteiger partial charge >= 0.3 is 0 Å². The average Bonchev–Trinajstić information content (AvgIpc) is 3.10. The van der Waals surface area contributed by atoms with Crippen LogP contribution in [0.2, 0.25) is 0 Å². The second-order valence-electron chi connectivity index (χ2n) is 6.34. The lowest BCUT2D eigenvalue weighted by atomic mass is 9.84. The molecule has 2 saturated carbocycles. The molecule has 3 heteroatoms. The van der Waals surface area contributed by atoms with Crippen LogP contribution in [0, 0.1) is 0 Å². The highest BCUT2D eigenvalue weighted by molar-refractivity contribution is 4.91. The molecular weight excluding hydrogens is 226 g/mol. The van der Waals surface area contributed by atoms with E-state index in [4.69, 9.17) is 9.47 Å². The van der Waals surface area contributed by atoms with Crippen LogP contribution in [0.5, 0.6) is 0 Å². The Morgan fingerprint density at radius 3 is 2.56 bits per heavy atom. The van der Waals surface area contributed by atoms with Gasteiger partial charge in [-0.2, -0.15) is 0 Å². The zero-order valence-electron chi connectivity index (χ0n) is 11.5. The van der Waals surface area contributed by atoms with Crippen molar-refractivity contribution in [1.29, 1.82) is 0 Å². The van der Waals surface area contributed by atoms with E-state index in [0.29, 0.717) is 6.10 Å². The lowest BCUT2D eigenvalue weighted by Crippen LogP contribution is -2.46. The maximum absolute atomic E-state index is 6.35. The molecular formula is C15H27NO2. The molecule has 3 rings (SSSR count). The van der Waals surface area contributed by atoms with Crippen molar-refractivity contribution in [3.8, 4) is 0 Å². The Morgan fingerprint density at radius 2 is 1.89 bits per heavy atom. The van der Waals surface area contributed by atoms with Crippen molar-refractivity contribution in [1.82, 2.24) is 5.32 Å². The molecule has 1 heterocycles. The fourth-order valence-corrected chi connectivity index (χ4v) is 3.23. The molecule has 3 aliphatic rings. The van der Waals surface area contributed by atoms with E-state index in [0.717, 1.165) is 25.8 Å². The Morgan fingerprint density at radius 1 is 1.06 bits per heavy atom. The third kappa shape index (κ3) is 3.46. The van der Waals surface area contributed by atoms with Crippen LogP contribution in [0.3, 0.4) is 0 Å². The van der Waals surface area contributed by atoms with Gasteiger partial charge in [0, 0.05) is 19.2 Å². The SMILES string of the molecule is C1CCC(CNC2CC2)(OCC2CCCO2)CC1. The van der Waals surface area contributed by atoms with Crippen molar-refractivity contribution in [3.05, 3.63) is 0 Å². The fraction of sp³-hybridized carbons (Fsp3) is 1.00. The van der Waals surface area contributed by atoms with E-state index >= 15 is 0 Å². The zero-order chi connectivity index (χ0) is 12.3. The molecule has 0 amide bonds. The highest BCUT2D eigenvalue weighted by atomic mass is 16.5. The molecule has 1 aliphatic heterocycles. The Balaban J connectivity index is 1.49. The van der Waals surface area contributed by atoms with Crippen molar-refractivity contribution in [2.75, 3.05) is 19.8 Å². The summed E-state index contributed by atoms with van der Waals surface area (Å²) in [5.74, 6) is 0. The van der Waals surface area contributed by atoms with Crippen LogP contribution in [0.1, 0.15) is 57.8 Å². The molecule has 0 aromatic rings. The van der Waals surface area contributed by atoms with Gasteiger partial charge in [0.15, 0.2) is 0 Å². The summed E-state index contributed by atoms with van der Waals surface area (Å²) in [5.41, 5.74) is 0.118. The number of hydrogen-bond donors (Lipinski definition) is 1. The molecule has 1 atom stereocenters. The minimum Gasteiger partial charge on any atom is -0.376 e. The third-order valence-electron chi connectivity index (χ3n) is 4.65. The van der Waals surface area contributed by atoms with Gasteiger partial charge in [-0.25, -0.2) is 0 Å². The predicted molar refractivity (Wildman–Crippen MR) is 71.8 cm³/mol. The largest absolute Gasteiger partial charge is 0.376 e. The summed E-state index contributed by atoms with van der Waals surface area (Å²) in [7, 11) is 0. The van der Waals surface area contributed by atoms with E-state index in [1.54, 1.807) is 0 Å². The van der Waals surface area contributed by atoms with Crippen LogP contribution in [-0.4, -0.2) is 37.5 Å². The molecule has 1 N–H and O–H groups in total. The normalized spacial score (nSPS) is 31.7. The number of rotatable bonds is 6. The first kappa shape index (κ1) is 12.9. The molecule has 1 unspecified atom stereocenters. The number of hydrogen-bond acceptors (Lipinski definition) is 3. The molecule has 1 saturated heterocycles. The van der Waals surface area contributed by atoms with Crippen LogP contribution in [0.4, 0.5) is 0 Å². The molecule has 0 bridgehead atoms. The minimum absolute atomic E-state index is 0.118. The molecule has 0 spiro atoms. The van der Waals surface area contributed by atoms with Crippen molar-refractivity contribution in [2.45, 2.75) is 75.5 Å². The van der Waals surface area contributed by atoms with Gasteiger partial charge in [-0.3, -0.25) is 0 Å². The molecule has 0 aromatic heterocycles. The number of nitrogens with one attached hydrogen (secondary N) is 1. The van der Waals surface area contributed by atoms with E-state index < -0.39 is 0 Å². The van der Waals surface area contributed by atoms with Crippen molar-refractivity contribution in [3.63, 3.8) is 0 Å². The van der Waals surface area contributed by atoms with Crippen molar-refractivity contribution < 1.29 is 9.47 Å². The summed E-state index contributed by atoms with van der Waals surface area (Å²) in [4.78, 5) is 0. The summed E-state index contributed by atoms with van der Waals surface area (Å²) in [6, 6.07) is 0.787. The maximum atomic E-state index is 6.35. The van der Waals surface area contributed by atoms with E-state index in [9.17, 15) is 0 Å². The summed E-state index contributed by atoms with van der Waals surface area (Å²) in [6.45, 7) is 2.80. The fourth-order valence-electron chi connectivity index (χ4n) is 3.23. The minimum atomic E-state index is 0.118. The van der Waals surface area contributed by atoms with E-state index in [1.807, 2.05) is 0 Å². The lowest BCUT2D eigenvalue weighted by Gasteiger charge is -2.38. The lowest BCUT2D eigenvalue weighted by molar-refractivity contribution is -0.100. The Hall–Kier alpha value is -0.120. The third-order valence-corrected chi connectivity index (χ3v) is 4.65. The van der Waals surface area contributed by atoms with Gasteiger partial charge in [-0.1, -0.05) is 19.3 Å². The van der Waals surface area contributed by atoms with E-state index in [2.05, 4.69) is 5.32 Å². The Bertz CT molecular complexity index is 253. The zero-order valence-corrected chi connectivity index (χ0v) is 11.5. The van der Waals surface area contributed by atoms with Crippen LogP contribution in [0.25, 0.3) is 0 Å². The smallest absolute Gasteiger partial charge is 0.0809 e. The second-order valence-corrected chi connectivity index (χ2v) is 6.34. The van der Waals surface area contributed by atoms with Crippen LogP contribution >= 0.6 is 0 Å². The van der Waals surface area contributed by atoms with Crippen molar-refractivity contribution >= 4 is 0 Å². The highest BCUT2D eigenvalue weighted by Gasteiger charge is 2.35. The van der Waals surface area contributed by atoms with Crippen LogP contribution < -0.4 is 5.32 Å². The summed E-state index contributed by atoms with van der Waals surface area (Å²) in [6.07, 6.45) is 12.0. The first-order chi connectivity index (χ1) is 8.86.